The summed E-state index contributed by atoms with van der Waals surface area (Å²) in [5, 5.41) is 1.50. The van der Waals surface area contributed by atoms with E-state index < -0.39 is 0 Å². The zero-order chi connectivity index (χ0) is 44.1. The highest BCUT2D eigenvalue weighted by atomic mass is 32.2. The fourth-order valence-electron chi connectivity index (χ4n) is 8.74. The van der Waals surface area contributed by atoms with Crippen LogP contribution in [0.25, 0.3) is 5.70 Å². The molecule has 2 unspecified atom stereocenters. The highest BCUT2D eigenvalue weighted by molar-refractivity contribution is 8.15. The monoisotopic (exact) mass is 865 g/mol. The van der Waals surface area contributed by atoms with Crippen LogP contribution in [0.2, 0.25) is 0 Å². The first-order valence-corrected chi connectivity index (χ1v) is 26.3. The van der Waals surface area contributed by atoms with E-state index in [9.17, 15) is 0 Å². The quantitative estimate of drug-likeness (QED) is 0.0424. The van der Waals surface area contributed by atoms with Crippen molar-refractivity contribution in [3.63, 3.8) is 0 Å². The lowest BCUT2D eigenvalue weighted by molar-refractivity contribution is -0.124. The molecule has 1 aromatic rings. The first-order chi connectivity index (χ1) is 28.7. The number of fused-ring (bicyclic) bond motifs is 1. The van der Waals surface area contributed by atoms with Crippen LogP contribution in [0, 0.1) is 11.8 Å². The molecule has 2 amide bonds. The van der Waals surface area contributed by atoms with Gasteiger partial charge in [-0.05, 0) is 42.9 Å². The molecule has 0 aliphatic carbocycles. The number of hydrogen-bond acceptors (Lipinski definition) is 6. The number of nitrogens with zero attached hydrogens (tertiary/aromatic N) is 4. The van der Waals surface area contributed by atoms with Crippen molar-refractivity contribution >= 4 is 45.7 Å². The van der Waals surface area contributed by atoms with E-state index in [4.69, 9.17) is 9.98 Å². The van der Waals surface area contributed by atoms with E-state index in [1.54, 1.807) is 29.3 Å². The van der Waals surface area contributed by atoms with Crippen molar-refractivity contribution in [1.29, 1.82) is 0 Å². The number of thioether (sulfide) groups is 1. The summed E-state index contributed by atoms with van der Waals surface area (Å²) in [5.41, 5.74) is 2.41. The van der Waals surface area contributed by atoms with Crippen LogP contribution in [0.3, 0.4) is 0 Å². The van der Waals surface area contributed by atoms with Crippen LogP contribution < -0.4 is 0 Å². The molecular weight excluding hydrogens is 777 g/mol. The number of amides is 2. The summed E-state index contributed by atoms with van der Waals surface area (Å²) < 4.78 is -0.198. The lowest BCUT2D eigenvalue weighted by Gasteiger charge is -2.31. The van der Waals surface area contributed by atoms with Gasteiger partial charge in [0.1, 0.15) is 10.1 Å². The zero-order valence-electron chi connectivity index (χ0n) is 40.3. The van der Waals surface area contributed by atoms with Crippen molar-refractivity contribution in [1.82, 2.24) is 14.8 Å². The smallest absolute Gasteiger partial charge is 0.261 e. The molecule has 0 bridgehead atoms. The third kappa shape index (κ3) is 16.5. The first kappa shape index (κ1) is 52.2. The number of unbranched alkanes of at least 4 members (excludes halogenated alkanes) is 16. The Bertz CT molecular complexity index is 1560. The average molecular weight is 865 g/mol. The molecule has 8 heteroatoms. The van der Waals surface area contributed by atoms with Crippen LogP contribution in [0.4, 0.5) is 0 Å². The van der Waals surface area contributed by atoms with Crippen LogP contribution in [0.15, 0.2) is 40.8 Å². The normalized spacial score (nSPS) is 16.2. The molecule has 2 aliphatic heterocycles. The van der Waals surface area contributed by atoms with E-state index in [-0.39, 0.29) is 22.0 Å². The molecular formula is C52H88N4O2S2. The van der Waals surface area contributed by atoms with Crippen molar-refractivity contribution in [2.45, 2.75) is 233 Å². The zero-order valence-corrected chi connectivity index (χ0v) is 42.0. The van der Waals surface area contributed by atoms with Crippen LogP contribution in [-0.4, -0.2) is 49.5 Å². The van der Waals surface area contributed by atoms with Gasteiger partial charge in [0.25, 0.3) is 11.8 Å². The summed E-state index contributed by atoms with van der Waals surface area (Å²) in [5.74, 6) is 0.602. The van der Waals surface area contributed by atoms with Gasteiger partial charge < -0.3 is 9.80 Å². The van der Waals surface area contributed by atoms with Gasteiger partial charge in [-0.1, -0.05) is 216 Å². The van der Waals surface area contributed by atoms with E-state index in [1.807, 2.05) is 16.0 Å². The van der Waals surface area contributed by atoms with Crippen molar-refractivity contribution in [3.8, 4) is 0 Å². The lowest BCUT2D eigenvalue weighted by atomic mass is 9.93. The van der Waals surface area contributed by atoms with E-state index in [2.05, 4.69) is 75.8 Å². The Hall–Kier alpha value is -2.19. The predicted molar refractivity (Wildman–Crippen MR) is 264 cm³/mol. The number of thiazole rings is 1. The van der Waals surface area contributed by atoms with Gasteiger partial charge in [-0.25, -0.2) is 9.98 Å². The second kappa shape index (κ2) is 27.1. The molecule has 60 heavy (non-hydrogen) atoms. The van der Waals surface area contributed by atoms with Gasteiger partial charge in [-0.15, -0.1) is 11.3 Å². The molecule has 340 valence electrons. The molecule has 6 nitrogen and oxygen atoms in total. The highest BCUT2D eigenvalue weighted by Crippen LogP contribution is 2.48. The van der Waals surface area contributed by atoms with Crippen LogP contribution in [-0.2, 0) is 15.0 Å². The first-order valence-electron chi connectivity index (χ1n) is 24.7. The number of carbonyl (C=O) groups excluding carboxylic acids is 2. The number of hydrogen-bond donors (Lipinski definition) is 0. The topological polar surface area (TPSA) is 65.9 Å². The SMILES string of the molecule is C=C/N=C(\SC(C)(C)C)C1=C2C(=O)N(CC(CCCCCC)CCCCCCCC)C(c3ncc(C(C)(C)C)s3)=C2C(=O)N1CC(CCCCCC)CCCCCCCC. The van der Waals surface area contributed by atoms with Gasteiger partial charge in [0.15, 0.2) is 0 Å². The van der Waals surface area contributed by atoms with Crippen LogP contribution in [0.5, 0.6) is 0 Å². The molecule has 2 atom stereocenters. The van der Waals surface area contributed by atoms with Gasteiger partial charge in [0.2, 0.25) is 0 Å². The second-order valence-electron chi connectivity index (χ2n) is 19.9. The van der Waals surface area contributed by atoms with Crippen molar-refractivity contribution in [2.24, 2.45) is 16.8 Å². The standard InChI is InChI=1S/C52H88N4O2S2/c1-12-17-21-25-27-31-35-40(33-29-23-19-14-3)38-55-45(47-54-37-42(59-47)51(6,7)8)43-44(50(55)58)46(48(53-16-5)60-52(9,10)11)56(49(43)57)39-41(34-30-24-20-15-4)36-32-28-26-22-18-13-2/h16,37,40-41H,5,12-15,17-36,38-39H2,1-4,6-11H3/b53-48-. The van der Waals surface area contributed by atoms with E-state index >= 15 is 9.59 Å². The molecule has 0 saturated heterocycles. The third-order valence-corrected chi connectivity index (χ3v) is 14.7. The molecule has 0 fully saturated rings. The lowest BCUT2D eigenvalue weighted by Crippen LogP contribution is -2.37. The Morgan fingerprint density at radius 1 is 0.667 bits per heavy atom. The Morgan fingerprint density at radius 2 is 1.08 bits per heavy atom. The maximum atomic E-state index is 15.5. The summed E-state index contributed by atoms with van der Waals surface area (Å²) in [6, 6.07) is 0. The molecule has 0 spiro atoms. The van der Waals surface area contributed by atoms with Gasteiger partial charge >= 0.3 is 0 Å². The van der Waals surface area contributed by atoms with E-state index in [0.717, 1.165) is 41.3 Å². The number of aliphatic imine (C=N–C) groups is 1. The van der Waals surface area contributed by atoms with Crippen molar-refractivity contribution in [3.05, 3.63) is 45.7 Å². The average Bonchev–Trinajstić information content (AvgIpc) is 3.87. The molecule has 1 aromatic heterocycles. The van der Waals surface area contributed by atoms with E-state index in [1.165, 1.54) is 128 Å². The minimum Gasteiger partial charge on any atom is -0.305 e. The predicted octanol–water partition coefficient (Wildman–Crippen LogP) is 15.8. The molecule has 0 N–H and O–H groups in total. The van der Waals surface area contributed by atoms with Gasteiger partial charge in [0, 0.05) is 35.1 Å². The summed E-state index contributed by atoms with van der Waals surface area (Å²) >= 11 is 3.28. The minimum atomic E-state index is -0.198. The molecule has 2 aliphatic rings. The minimum absolute atomic E-state index is 0.0541. The van der Waals surface area contributed by atoms with Crippen molar-refractivity contribution in [2.75, 3.05) is 13.1 Å². The molecule has 0 aromatic carbocycles. The second-order valence-corrected chi connectivity index (χ2v) is 22.8. The summed E-state index contributed by atoms with van der Waals surface area (Å²) in [4.78, 5) is 46.0. The Balaban J connectivity index is 2.19. The highest BCUT2D eigenvalue weighted by Gasteiger charge is 2.51. The number of rotatable bonds is 31. The molecule has 0 radical (unpaired) electrons. The van der Waals surface area contributed by atoms with Crippen LogP contribution >= 0.6 is 23.1 Å². The summed E-state index contributed by atoms with van der Waals surface area (Å²) in [6.45, 7) is 27.5. The number of carbonyl (C=O) groups is 2. The van der Waals surface area contributed by atoms with Crippen molar-refractivity contribution < 1.29 is 9.59 Å². The Morgan fingerprint density at radius 3 is 1.50 bits per heavy atom. The Labute approximate surface area is 377 Å². The Kier molecular flexibility index (Phi) is 23.6. The summed E-state index contributed by atoms with van der Waals surface area (Å²) in [6.07, 6.45) is 32.7. The molecule has 3 heterocycles. The molecule has 0 saturated carbocycles. The van der Waals surface area contributed by atoms with E-state index in [0.29, 0.717) is 46.8 Å². The fourth-order valence-corrected chi connectivity index (χ4v) is 10.8. The van der Waals surface area contributed by atoms with Crippen LogP contribution in [0.1, 0.15) is 233 Å². The largest absolute Gasteiger partial charge is 0.305 e. The summed E-state index contributed by atoms with van der Waals surface area (Å²) in [7, 11) is 0. The maximum Gasteiger partial charge on any atom is 0.261 e. The third-order valence-electron chi connectivity index (χ3n) is 12.2. The van der Waals surface area contributed by atoms with Gasteiger partial charge in [-0.3, -0.25) is 9.59 Å². The van der Waals surface area contributed by atoms with Gasteiger partial charge in [-0.2, -0.15) is 0 Å². The number of aromatic nitrogens is 1. The molecule has 3 rings (SSSR count). The van der Waals surface area contributed by atoms with Gasteiger partial charge in [0.05, 0.1) is 22.5 Å². The fraction of sp³-hybridized carbons (Fsp3) is 0.769. The maximum absolute atomic E-state index is 15.5.